The van der Waals surface area contributed by atoms with Crippen molar-refractivity contribution in [2.24, 2.45) is 5.73 Å². The average molecular weight is 312 g/mol. The SMILES string of the molecule is CC(N)c1cccc(COC2CCOC2)n1.O=C(O)C(=O)O. The molecule has 0 aromatic carbocycles. The van der Waals surface area contributed by atoms with Crippen molar-refractivity contribution in [3.05, 3.63) is 29.6 Å². The van der Waals surface area contributed by atoms with Gasteiger partial charge < -0.3 is 25.4 Å². The summed E-state index contributed by atoms with van der Waals surface area (Å²) in [6.07, 6.45) is 1.20. The molecule has 122 valence electrons. The smallest absolute Gasteiger partial charge is 0.414 e. The molecule has 1 saturated heterocycles. The van der Waals surface area contributed by atoms with Gasteiger partial charge in [0.1, 0.15) is 0 Å². The number of rotatable bonds is 4. The van der Waals surface area contributed by atoms with Gasteiger partial charge in [-0.25, -0.2) is 9.59 Å². The Hall–Kier alpha value is -2.03. The van der Waals surface area contributed by atoms with E-state index in [0.717, 1.165) is 24.4 Å². The summed E-state index contributed by atoms with van der Waals surface area (Å²) in [6, 6.07) is 5.83. The van der Waals surface area contributed by atoms with Crippen LogP contribution < -0.4 is 5.73 Å². The topological polar surface area (TPSA) is 132 Å². The summed E-state index contributed by atoms with van der Waals surface area (Å²) in [4.78, 5) is 22.6. The number of pyridine rings is 1. The van der Waals surface area contributed by atoms with Crippen LogP contribution in [0.4, 0.5) is 0 Å². The molecule has 0 aliphatic carbocycles. The van der Waals surface area contributed by atoms with Crippen LogP contribution in [0.1, 0.15) is 30.8 Å². The second-order valence-electron chi connectivity index (χ2n) is 4.75. The maximum Gasteiger partial charge on any atom is 0.414 e. The van der Waals surface area contributed by atoms with Crippen LogP contribution in [-0.2, 0) is 25.7 Å². The number of carbonyl (C=O) groups is 2. The van der Waals surface area contributed by atoms with Crippen molar-refractivity contribution in [3.8, 4) is 0 Å². The van der Waals surface area contributed by atoms with Crippen LogP contribution in [0, 0.1) is 0 Å². The molecule has 2 atom stereocenters. The summed E-state index contributed by atoms with van der Waals surface area (Å²) < 4.78 is 10.9. The van der Waals surface area contributed by atoms with Gasteiger partial charge in [-0.1, -0.05) is 6.07 Å². The molecule has 2 unspecified atom stereocenters. The number of aromatic nitrogens is 1. The summed E-state index contributed by atoms with van der Waals surface area (Å²) in [6.45, 7) is 3.97. The number of aliphatic carboxylic acids is 2. The fraction of sp³-hybridized carbons (Fsp3) is 0.500. The third-order valence-electron chi connectivity index (χ3n) is 2.83. The summed E-state index contributed by atoms with van der Waals surface area (Å²) in [5.74, 6) is -3.65. The van der Waals surface area contributed by atoms with E-state index in [9.17, 15) is 0 Å². The molecule has 2 heterocycles. The molecule has 22 heavy (non-hydrogen) atoms. The zero-order chi connectivity index (χ0) is 16.5. The van der Waals surface area contributed by atoms with E-state index >= 15 is 0 Å². The minimum atomic E-state index is -1.82. The standard InChI is InChI=1S/C12H18N2O2.C2H2O4/c1-9(13)12-4-2-3-10(14-12)7-16-11-5-6-15-8-11;3-1(4)2(5)6/h2-4,9,11H,5-8,13H2,1H3;(H,3,4)(H,5,6). The normalized spacial score (nSPS) is 18.2. The van der Waals surface area contributed by atoms with E-state index in [-0.39, 0.29) is 12.1 Å². The van der Waals surface area contributed by atoms with E-state index < -0.39 is 11.9 Å². The van der Waals surface area contributed by atoms with Crippen molar-refractivity contribution in [1.82, 2.24) is 4.98 Å². The van der Waals surface area contributed by atoms with Crippen molar-refractivity contribution in [3.63, 3.8) is 0 Å². The van der Waals surface area contributed by atoms with Gasteiger partial charge in [-0.2, -0.15) is 0 Å². The Morgan fingerprint density at radius 3 is 2.64 bits per heavy atom. The van der Waals surface area contributed by atoms with Crippen LogP contribution in [0.2, 0.25) is 0 Å². The number of hydrogen-bond donors (Lipinski definition) is 3. The number of nitrogens with two attached hydrogens (primary N) is 1. The fourth-order valence-electron chi connectivity index (χ4n) is 1.68. The van der Waals surface area contributed by atoms with E-state index in [1.807, 2.05) is 25.1 Å². The number of carboxylic acids is 2. The van der Waals surface area contributed by atoms with Gasteiger partial charge in [-0.3, -0.25) is 4.98 Å². The zero-order valence-corrected chi connectivity index (χ0v) is 12.3. The van der Waals surface area contributed by atoms with Crippen LogP contribution in [0.5, 0.6) is 0 Å². The molecule has 8 heteroatoms. The first-order valence-corrected chi connectivity index (χ1v) is 6.77. The third kappa shape index (κ3) is 6.61. The molecular weight excluding hydrogens is 292 g/mol. The fourth-order valence-corrected chi connectivity index (χ4v) is 1.68. The summed E-state index contributed by atoms with van der Waals surface area (Å²) >= 11 is 0. The quantitative estimate of drug-likeness (QED) is 0.687. The second-order valence-corrected chi connectivity index (χ2v) is 4.75. The molecule has 1 aliphatic heterocycles. The molecule has 4 N–H and O–H groups in total. The average Bonchev–Trinajstić information content (AvgIpc) is 2.99. The molecule has 0 bridgehead atoms. The molecule has 0 spiro atoms. The molecule has 0 radical (unpaired) electrons. The third-order valence-corrected chi connectivity index (χ3v) is 2.83. The molecule has 1 aromatic heterocycles. The molecule has 1 aromatic rings. The lowest BCUT2D eigenvalue weighted by molar-refractivity contribution is -0.159. The highest BCUT2D eigenvalue weighted by Crippen LogP contribution is 2.12. The largest absolute Gasteiger partial charge is 0.473 e. The van der Waals surface area contributed by atoms with E-state index in [2.05, 4.69) is 4.98 Å². The monoisotopic (exact) mass is 312 g/mol. The van der Waals surface area contributed by atoms with Gasteiger partial charge in [-0.15, -0.1) is 0 Å². The first-order valence-electron chi connectivity index (χ1n) is 6.77. The lowest BCUT2D eigenvalue weighted by atomic mass is 10.2. The van der Waals surface area contributed by atoms with E-state index in [1.54, 1.807) is 0 Å². The van der Waals surface area contributed by atoms with Crippen LogP contribution in [0.15, 0.2) is 18.2 Å². The second kappa shape index (κ2) is 9.08. The Morgan fingerprint density at radius 1 is 1.45 bits per heavy atom. The number of nitrogens with zero attached hydrogens (tertiary/aromatic N) is 1. The van der Waals surface area contributed by atoms with Gasteiger partial charge in [0, 0.05) is 12.6 Å². The van der Waals surface area contributed by atoms with Crippen LogP contribution in [-0.4, -0.2) is 46.5 Å². The first kappa shape index (κ1) is 18.0. The van der Waals surface area contributed by atoms with Crippen molar-refractivity contribution >= 4 is 11.9 Å². The van der Waals surface area contributed by atoms with Crippen molar-refractivity contribution < 1.29 is 29.3 Å². The Bertz CT molecular complexity index is 488. The number of hydrogen-bond acceptors (Lipinski definition) is 6. The molecule has 2 rings (SSSR count). The predicted molar refractivity (Wildman–Crippen MR) is 76.1 cm³/mol. The molecular formula is C14H20N2O6. The molecule has 0 saturated carbocycles. The molecule has 0 amide bonds. The van der Waals surface area contributed by atoms with Gasteiger partial charge in [0.15, 0.2) is 0 Å². The van der Waals surface area contributed by atoms with E-state index in [4.69, 9.17) is 35.0 Å². The Balaban J connectivity index is 0.000000346. The van der Waals surface area contributed by atoms with Crippen molar-refractivity contribution in [2.45, 2.75) is 32.1 Å². The molecule has 1 fully saturated rings. The number of carboxylic acid groups (broad SMARTS) is 2. The Kier molecular flexibility index (Phi) is 7.44. The predicted octanol–water partition coefficient (Wildman–Crippen LogP) is 0.562. The highest BCUT2D eigenvalue weighted by molar-refractivity contribution is 6.27. The summed E-state index contributed by atoms with van der Waals surface area (Å²) in [5.41, 5.74) is 7.62. The maximum absolute atomic E-state index is 9.10. The van der Waals surface area contributed by atoms with Crippen molar-refractivity contribution in [2.75, 3.05) is 13.2 Å². The summed E-state index contributed by atoms with van der Waals surface area (Å²) in [7, 11) is 0. The molecule has 8 nitrogen and oxygen atoms in total. The summed E-state index contributed by atoms with van der Waals surface area (Å²) in [5, 5.41) is 14.8. The lowest BCUT2D eigenvalue weighted by Gasteiger charge is -2.11. The Labute approximate surface area is 127 Å². The minimum Gasteiger partial charge on any atom is -0.473 e. The van der Waals surface area contributed by atoms with Crippen LogP contribution in [0.25, 0.3) is 0 Å². The van der Waals surface area contributed by atoms with Crippen LogP contribution in [0.3, 0.4) is 0 Å². The van der Waals surface area contributed by atoms with Gasteiger partial charge in [0.25, 0.3) is 0 Å². The highest BCUT2D eigenvalue weighted by atomic mass is 16.5. The minimum absolute atomic E-state index is 0.0326. The molecule has 1 aliphatic rings. The van der Waals surface area contributed by atoms with Crippen molar-refractivity contribution in [1.29, 1.82) is 0 Å². The van der Waals surface area contributed by atoms with Crippen LogP contribution >= 0.6 is 0 Å². The number of ether oxygens (including phenoxy) is 2. The van der Waals surface area contributed by atoms with Gasteiger partial charge >= 0.3 is 11.9 Å². The van der Waals surface area contributed by atoms with Gasteiger partial charge in [0.2, 0.25) is 0 Å². The maximum atomic E-state index is 9.10. The van der Waals surface area contributed by atoms with E-state index in [0.29, 0.717) is 13.2 Å². The zero-order valence-electron chi connectivity index (χ0n) is 12.3. The first-order chi connectivity index (χ1) is 10.4. The highest BCUT2D eigenvalue weighted by Gasteiger charge is 2.16. The van der Waals surface area contributed by atoms with E-state index in [1.165, 1.54) is 0 Å². The lowest BCUT2D eigenvalue weighted by Crippen LogP contribution is -2.13. The van der Waals surface area contributed by atoms with Gasteiger partial charge in [-0.05, 0) is 25.5 Å². The Morgan fingerprint density at radius 2 is 2.14 bits per heavy atom. The van der Waals surface area contributed by atoms with Gasteiger partial charge in [0.05, 0.1) is 30.7 Å².